The van der Waals surface area contributed by atoms with Gasteiger partial charge in [-0.25, -0.2) is 13.9 Å². The van der Waals surface area contributed by atoms with Crippen molar-refractivity contribution < 1.29 is 9.18 Å². The van der Waals surface area contributed by atoms with Crippen LogP contribution in [0.15, 0.2) is 23.4 Å². The third kappa shape index (κ3) is 3.18. The number of hydrogen-bond acceptors (Lipinski definition) is 5. The molecule has 3 aromatic rings. The number of nitrogens with zero attached hydrogens (tertiary/aromatic N) is 5. The minimum atomic E-state index is -0.323. The lowest BCUT2D eigenvalue weighted by Crippen LogP contribution is -2.37. The topological polar surface area (TPSA) is 63.4 Å². The molecule has 0 aliphatic carbocycles. The van der Waals surface area contributed by atoms with Gasteiger partial charge in [-0.2, -0.15) is 4.98 Å². The number of benzene rings is 1. The molecule has 0 unspecified atom stereocenters. The molecule has 0 radical (unpaired) electrons. The van der Waals surface area contributed by atoms with Crippen LogP contribution in [0, 0.1) is 19.7 Å². The van der Waals surface area contributed by atoms with E-state index >= 15 is 0 Å². The lowest BCUT2D eigenvalue weighted by Gasteiger charge is -2.30. The first-order valence-corrected chi connectivity index (χ1v) is 10.1. The standard InChI is InChI=1S/C19H20FN5OS/c1-11-15(12(2)25-18(21-11)22-19(23-25)27-3)10-17(26)24-8-4-5-13-6-7-14(20)9-16(13)24/h6-7,9H,4-5,8,10H2,1-3H3. The maximum atomic E-state index is 13.7. The number of hydrogen-bond donors (Lipinski definition) is 0. The van der Waals surface area contributed by atoms with Gasteiger partial charge in [0, 0.05) is 29.2 Å². The smallest absolute Gasteiger partial charge is 0.253 e. The molecule has 1 aromatic carbocycles. The highest BCUT2D eigenvalue weighted by Crippen LogP contribution is 2.29. The summed E-state index contributed by atoms with van der Waals surface area (Å²) in [4.78, 5) is 23.6. The Morgan fingerprint density at radius 1 is 1.30 bits per heavy atom. The molecule has 3 heterocycles. The monoisotopic (exact) mass is 385 g/mol. The first-order valence-electron chi connectivity index (χ1n) is 8.83. The van der Waals surface area contributed by atoms with Crippen molar-refractivity contribution in [1.82, 2.24) is 19.6 Å². The molecule has 0 spiro atoms. The van der Waals surface area contributed by atoms with E-state index in [9.17, 15) is 9.18 Å². The van der Waals surface area contributed by atoms with Crippen LogP contribution in [-0.4, -0.2) is 38.3 Å². The van der Waals surface area contributed by atoms with Crippen LogP contribution in [0.5, 0.6) is 0 Å². The zero-order valence-electron chi connectivity index (χ0n) is 15.5. The van der Waals surface area contributed by atoms with E-state index in [1.807, 2.05) is 20.1 Å². The van der Waals surface area contributed by atoms with Gasteiger partial charge in [0.2, 0.25) is 11.1 Å². The highest BCUT2D eigenvalue weighted by Gasteiger charge is 2.25. The first kappa shape index (κ1) is 17.9. The molecule has 1 aliphatic heterocycles. The molecule has 27 heavy (non-hydrogen) atoms. The van der Waals surface area contributed by atoms with Gasteiger partial charge in [-0.1, -0.05) is 17.8 Å². The average molecular weight is 385 g/mol. The second kappa shape index (κ2) is 6.92. The largest absolute Gasteiger partial charge is 0.312 e. The van der Waals surface area contributed by atoms with E-state index in [0.29, 0.717) is 23.2 Å². The number of thioether (sulfide) groups is 1. The molecule has 2 aromatic heterocycles. The molecule has 0 N–H and O–H groups in total. The fourth-order valence-corrected chi connectivity index (χ4v) is 3.92. The van der Waals surface area contributed by atoms with Gasteiger partial charge in [0.25, 0.3) is 5.78 Å². The summed E-state index contributed by atoms with van der Waals surface area (Å²) in [5, 5.41) is 5.08. The normalized spacial score (nSPS) is 13.9. The summed E-state index contributed by atoms with van der Waals surface area (Å²) in [5.41, 5.74) is 4.16. The van der Waals surface area contributed by atoms with E-state index < -0.39 is 0 Å². The number of anilines is 1. The molecular formula is C19H20FN5OS. The third-order valence-electron chi connectivity index (χ3n) is 5.01. The van der Waals surface area contributed by atoms with Crippen LogP contribution >= 0.6 is 11.8 Å². The van der Waals surface area contributed by atoms with Crippen molar-refractivity contribution >= 4 is 29.1 Å². The Balaban J connectivity index is 1.69. The van der Waals surface area contributed by atoms with E-state index in [-0.39, 0.29) is 18.1 Å². The molecule has 1 aliphatic rings. The van der Waals surface area contributed by atoms with Crippen LogP contribution < -0.4 is 4.90 Å². The number of halogens is 1. The fourth-order valence-electron chi connectivity index (χ4n) is 3.59. The Morgan fingerprint density at radius 2 is 2.11 bits per heavy atom. The second-order valence-electron chi connectivity index (χ2n) is 6.67. The number of aromatic nitrogens is 4. The maximum absolute atomic E-state index is 13.7. The highest BCUT2D eigenvalue weighted by atomic mass is 32.2. The lowest BCUT2D eigenvalue weighted by atomic mass is 10.00. The van der Waals surface area contributed by atoms with Crippen LogP contribution in [0.4, 0.5) is 10.1 Å². The van der Waals surface area contributed by atoms with Crippen LogP contribution in [0.25, 0.3) is 5.78 Å². The summed E-state index contributed by atoms with van der Waals surface area (Å²) in [5.74, 6) is 0.158. The summed E-state index contributed by atoms with van der Waals surface area (Å²) in [6, 6.07) is 4.68. The Kier molecular flexibility index (Phi) is 4.59. The molecular weight excluding hydrogens is 365 g/mol. The molecule has 6 nitrogen and oxygen atoms in total. The molecule has 0 saturated heterocycles. The quantitative estimate of drug-likeness (QED) is 0.648. The minimum Gasteiger partial charge on any atom is -0.312 e. The van der Waals surface area contributed by atoms with Crippen molar-refractivity contribution in [2.75, 3.05) is 17.7 Å². The molecule has 8 heteroatoms. The zero-order chi connectivity index (χ0) is 19.1. The Hall–Kier alpha value is -2.48. The van der Waals surface area contributed by atoms with Gasteiger partial charge in [-0.15, -0.1) is 5.10 Å². The molecule has 4 rings (SSSR count). The van der Waals surface area contributed by atoms with Gasteiger partial charge in [0.05, 0.1) is 6.42 Å². The number of carbonyl (C=O) groups excluding carboxylic acids is 1. The summed E-state index contributed by atoms with van der Waals surface area (Å²) in [7, 11) is 0. The number of fused-ring (bicyclic) bond motifs is 2. The molecule has 0 fully saturated rings. The number of rotatable bonds is 3. The van der Waals surface area contributed by atoms with E-state index in [1.54, 1.807) is 15.5 Å². The zero-order valence-corrected chi connectivity index (χ0v) is 16.3. The Morgan fingerprint density at radius 3 is 2.89 bits per heavy atom. The Labute approximate surface area is 160 Å². The summed E-state index contributed by atoms with van der Waals surface area (Å²) < 4.78 is 15.4. The lowest BCUT2D eigenvalue weighted by molar-refractivity contribution is -0.118. The summed E-state index contributed by atoms with van der Waals surface area (Å²) in [6.07, 6.45) is 3.85. The van der Waals surface area contributed by atoms with Crippen LogP contribution in [0.2, 0.25) is 0 Å². The number of aryl methyl sites for hydroxylation is 3. The second-order valence-corrected chi connectivity index (χ2v) is 7.44. The van der Waals surface area contributed by atoms with Gasteiger partial charge in [-0.05, 0) is 50.6 Å². The van der Waals surface area contributed by atoms with Crippen LogP contribution in [-0.2, 0) is 17.6 Å². The van der Waals surface area contributed by atoms with Gasteiger partial charge in [-0.3, -0.25) is 4.79 Å². The van der Waals surface area contributed by atoms with Gasteiger partial charge in [0.15, 0.2) is 0 Å². The van der Waals surface area contributed by atoms with Crippen molar-refractivity contribution in [2.45, 2.75) is 38.3 Å². The van der Waals surface area contributed by atoms with E-state index in [2.05, 4.69) is 15.1 Å². The average Bonchev–Trinajstić information content (AvgIpc) is 3.07. The molecule has 0 atom stereocenters. The predicted octanol–water partition coefficient (Wildman–Crippen LogP) is 3.12. The minimum absolute atomic E-state index is 0.0564. The summed E-state index contributed by atoms with van der Waals surface area (Å²) >= 11 is 1.45. The third-order valence-corrected chi connectivity index (χ3v) is 5.55. The maximum Gasteiger partial charge on any atom is 0.253 e. The number of carbonyl (C=O) groups is 1. The van der Waals surface area contributed by atoms with Gasteiger partial charge >= 0.3 is 0 Å². The van der Waals surface area contributed by atoms with Crippen molar-refractivity contribution in [3.63, 3.8) is 0 Å². The van der Waals surface area contributed by atoms with Crippen LogP contribution in [0.1, 0.15) is 28.9 Å². The van der Waals surface area contributed by atoms with Crippen LogP contribution in [0.3, 0.4) is 0 Å². The first-order chi connectivity index (χ1) is 13.0. The Bertz CT molecular complexity index is 1050. The highest BCUT2D eigenvalue weighted by molar-refractivity contribution is 7.98. The van der Waals surface area contributed by atoms with Crippen molar-refractivity contribution in [1.29, 1.82) is 0 Å². The SMILES string of the molecule is CSc1nc2nc(C)c(CC(=O)N3CCCc4ccc(F)cc43)c(C)n2n1. The van der Waals surface area contributed by atoms with E-state index in [4.69, 9.17) is 0 Å². The number of amides is 1. The van der Waals surface area contributed by atoms with Crippen molar-refractivity contribution in [3.05, 3.63) is 46.5 Å². The molecule has 1 amide bonds. The molecule has 140 valence electrons. The van der Waals surface area contributed by atoms with Gasteiger partial charge < -0.3 is 4.90 Å². The fraction of sp³-hybridized carbons (Fsp3) is 0.368. The van der Waals surface area contributed by atoms with Gasteiger partial charge in [0.1, 0.15) is 5.82 Å². The molecule has 0 saturated carbocycles. The molecule has 0 bridgehead atoms. The van der Waals surface area contributed by atoms with Crippen molar-refractivity contribution in [3.8, 4) is 0 Å². The van der Waals surface area contributed by atoms with E-state index in [1.165, 1.54) is 23.9 Å². The van der Waals surface area contributed by atoms with E-state index in [0.717, 1.165) is 35.4 Å². The van der Waals surface area contributed by atoms with Crippen molar-refractivity contribution in [2.24, 2.45) is 0 Å². The summed E-state index contributed by atoms with van der Waals surface area (Å²) in [6.45, 7) is 4.41. The predicted molar refractivity (Wildman–Crippen MR) is 103 cm³/mol.